The van der Waals surface area contributed by atoms with E-state index in [1.165, 1.54) is 4.90 Å². The molecular formula is C36H42N3O5-. The molecule has 0 aliphatic carbocycles. The summed E-state index contributed by atoms with van der Waals surface area (Å²) >= 11 is 0. The summed E-state index contributed by atoms with van der Waals surface area (Å²) in [5, 5.41) is 42.9. The van der Waals surface area contributed by atoms with Crippen LogP contribution >= 0.6 is 0 Å². The van der Waals surface area contributed by atoms with Crippen molar-refractivity contribution in [1.82, 2.24) is 15.5 Å². The van der Waals surface area contributed by atoms with Crippen LogP contribution in [0.2, 0.25) is 0 Å². The molecule has 0 spiro atoms. The average Bonchev–Trinajstić information content (AvgIpc) is 3.00. The van der Waals surface area contributed by atoms with Gasteiger partial charge in [0, 0.05) is 24.2 Å². The number of hydrogen-bond acceptors (Lipinski definition) is 6. The molecule has 0 bridgehead atoms. The third kappa shape index (κ3) is 8.89. The molecule has 8 nitrogen and oxygen atoms in total. The first kappa shape index (κ1) is 32.7. The molecule has 4 aromatic carbocycles. The zero-order valence-corrected chi connectivity index (χ0v) is 25.5. The van der Waals surface area contributed by atoms with E-state index in [0.29, 0.717) is 12.0 Å². The molecule has 0 aromatic heterocycles. The van der Waals surface area contributed by atoms with E-state index in [2.05, 4.69) is 10.6 Å². The van der Waals surface area contributed by atoms with Gasteiger partial charge in [0.25, 0.3) is 5.91 Å². The van der Waals surface area contributed by atoms with Crippen molar-refractivity contribution in [1.29, 1.82) is 0 Å². The molecule has 4 rings (SSSR count). The Morgan fingerprint density at radius 2 is 1.30 bits per heavy atom. The molecule has 0 unspecified atom stereocenters. The molecule has 2 amide bonds. The average molecular weight is 597 g/mol. The number of carbonyl (C=O) groups is 2. The first-order valence-corrected chi connectivity index (χ1v) is 15.0. The standard InChI is InChI=1S/C36H43N3O5/c1-36(2,3)39(35(43)44)31(21-26-14-8-5-9-15-26)33(41)24-37-23-32(40)30(20-25-12-6-4-7-13-25)38-34(42)29-19-18-27-16-10-11-17-28(27)22-29/h4-19,22,30-33,37,40-41H,20-21,23-24H2,1-3H3,(H,38,42)(H,43,44)/p-1/t30-,31-,32+,33+/m0/s1. The quantitative estimate of drug-likeness (QED) is 0.187. The Hall–Kier alpha value is -4.24. The zero-order chi connectivity index (χ0) is 31.7. The maximum Gasteiger partial charge on any atom is 0.251 e. The van der Waals surface area contributed by atoms with E-state index in [4.69, 9.17) is 0 Å². The van der Waals surface area contributed by atoms with Crippen LogP contribution in [0.1, 0.15) is 42.3 Å². The van der Waals surface area contributed by atoms with Gasteiger partial charge in [-0.05, 0) is 67.6 Å². The Balaban J connectivity index is 1.46. The monoisotopic (exact) mass is 596 g/mol. The summed E-state index contributed by atoms with van der Waals surface area (Å²) < 4.78 is 0. The number of rotatable bonds is 13. The Morgan fingerprint density at radius 3 is 1.89 bits per heavy atom. The van der Waals surface area contributed by atoms with Crippen molar-refractivity contribution in [2.75, 3.05) is 13.1 Å². The summed E-state index contributed by atoms with van der Waals surface area (Å²) in [4.78, 5) is 26.7. The van der Waals surface area contributed by atoms with E-state index in [0.717, 1.165) is 21.9 Å². The minimum Gasteiger partial charge on any atom is -0.530 e. The number of carboxylic acid groups (broad SMARTS) is 1. The van der Waals surface area contributed by atoms with Crippen molar-refractivity contribution in [2.24, 2.45) is 0 Å². The van der Waals surface area contributed by atoms with E-state index in [9.17, 15) is 24.9 Å². The van der Waals surface area contributed by atoms with Crippen LogP contribution in [0.25, 0.3) is 10.8 Å². The number of amides is 2. The smallest absolute Gasteiger partial charge is 0.251 e. The zero-order valence-electron chi connectivity index (χ0n) is 25.5. The topological polar surface area (TPSA) is 125 Å². The lowest BCUT2D eigenvalue weighted by molar-refractivity contribution is -0.275. The molecule has 0 fully saturated rings. The fraction of sp³-hybridized carbons (Fsp3) is 0.333. The van der Waals surface area contributed by atoms with E-state index >= 15 is 0 Å². The van der Waals surface area contributed by atoms with Crippen LogP contribution in [-0.4, -0.2) is 70.0 Å². The van der Waals surface area contributed by atoms with Crippen molar-refractivity contribution < 1.29 is 24.9 Å². The molecular weight excluding hydrogens is 554 g/mol. The van der Waals surface area contributed by atoms with Gasteiger partial charge in [0.2, 0.25) is 0 Å². The Bertz CT molecular complexity index is 1510. The summed E-state index contributed by atoms with van der Waals surface area (Å²) in [5.74, 6) is -0.298. The van der Waals surface area contributed by atoms with Gasteiger partial charge in [-0.25, -0.2) is 0 Å². The SMILES string of the molecule is CC(C)(C)N(C(=O)[O-])[C@@H](Cc1ccccc1)[C@H](O)CNC[C@@H](O)[C@H](Cc1ccccc1)NC(=O)c1ccc2ccccc2c1. The number of aliphatic hydroxyl groups is 2. The molecule has 4 aromatic rings. The van der Waals surface area contributed by atoms with E-state index < -0.39 is 35.9 Å². The predicted molar refractivity (Wildman–Crippen MR) is 171 cm³/mol. The highest BCUT2D eigenvalue weighted by Gasteiger charge is 2.34. The predicted octanol–water partition coefficient (Wildman–Crippen LogP) is 3.55. The van der Waals surface area contributed by atoms with Crippen molar-refractivity contribution >= 4 is 22.8 Å². The van der Waals surface area contributed by atoms with Gasteiger partial charge in [-0.3, -0.25) is 4.79 Å². The molecule has 4 atom stereocenters. The van der Waals surface area contributed by atoms with Crippen LogP contribution < -0.4 is 15.7 Å². The molecule has 4 N–H and O–H groups in total. The minimum absolute atomic E-state index is 0.0189. The minimum atomic E-state index is -1.36. The summed E-state index contributed by atoms with van der Waals surface area (Å²) in [7, 11) is 0. The van der Waals surface area contributed by atoms with E-state index in [1.807, 2.05) is 97.1 Å². The summed E-state index contributed by atoms with van der Waals surface area (Å²) in [5.41, 5.74) is 1.51. The number of nitrogens with zero attached hydrogens (tertiary/aromatic N) is 1. The Kier molecular flexibility index (Phi) is 11.1. The maximum atomic E-state index is 13.3. The molecule has 0 aliphatic rings. The fourth-order valence-corrected chi connectivity index (χ4v) is 5.55. The number of fused-ring (bicyclic) bond motifs is 1. The Labute approximate surface area is 259 Å². The van der Waals surface area contributed by atoms with Crippen LogP contribution in [0.3, 0.4) is 0 Å². The number of carbonyl (C=O) groups excluding carboxylic acids is 2. The van der Waals surface area contributed by atoms with Crippen LogP contribution in [0, 0.1) is 0 Å². The van der Waals surface area contributed by atoms with Gasteiger partial charge in [-0.15, -0.1) is 0 Å². The molecule has 0 heterocycles. The number of nitrogens with one attached hydrogen (secondary N) is 2. The van der Waals surface area contributed by atoms with Gasteiger partial charge in [-0.1, -0.05) is 91.0 Å². The molecule has 0 saturated carbocycles. The second kappa shape index (κ2) is 15.0. The number of benzene rings is 4. The first-order chi connectivity index (χ1) is 21.0. The highest BCUT2D eigenvalue weighted by Crippen LogP contribution is 2.22. The van der Waals surface area contributed by atoms with Gasteiger partial charge in [-0.2, -0.15) is 0 Å². The van der Waals surface area contributed by atoms with Crippen LogP contribution in [0.15, 0.2) is 103 Å². The Morgan fingerprint density at radius 1 is 0.750 bits per heavy atom. The highest BCUT2D eigenvalue weighted by molar-refractivity contribution is 5.98. The van der Waals surface area contributed by atoms with Crippen molar-refractivity contribution in [2.45, 2.75) is 63.4 Å². The van der Waals surface area contributed by atoms with Gasteiger partial charge in [0.1, 0.15) is 6.09 Å². The van der Waals surface area contributed by atoms with Crippen LogP contribution in [0.5, 0.6) is 0 Å². The fourth-order valence-electron chi connectivity index (χ4n) is 5.55. The lowest BCUT2D eigenvalue weighted by atomic mass is 9.94. The highest BCUT2D eigenvalue weighted by atomic mass is 16.4. The van der Waals surface area contributed by atoms with Crippen LogP contribution in [0.4, 0.5) is 4.79 Å². The van der Waals surface area contributed by atoms with Gasteiger partial charge >= 0.3 is 0 Å². The number of hydrogen-bond donors (Lipinski definition) is 4. The second-order valence-electron chi connectivity index (χ2n) is 12.2. The van der Waals surface area contributed by atoms with Crippen LogP contribution in [-0.2, 0) is 12.8 Å². The van der Waals surface area contributed by atoms with Gasteiger partial charge in [0.05, 0.1) is 24.3 Å². The molecule has 8 heteroatoms. The van der Waals surface area contributed by atoms with E-state index in [1.54, 1.807) is 26.8 Å². The summed E-state index contributed by atoms with van der Waals surface area (Å²) in [6.07, 6.45) is -2.78. The lowest BCUT2D eigenvalue weighted by Gasteiger charge is -2.45. The van der Waals surface area contributed by atoms with Crippen molar-refractivity contribution in [3.05, 3.63) is 120 Å². The van der Waals surface area contributed by atoms with E-state index in [-0.39, 0.29) is 25.4 Å². The lowest BCUT2D eigenvalue weighted by Crippen LogP contribution is -2.62. The molecule has 232 valence electrons. The van der Waals surface area contributed by atoms with Gasteiger partial charge in [0.15, 0.2) is 0 Å². The molecule has 0 radical (unpaired) electrons. The largest absolute Gasteiger partial charge is 0.530 e. The molecule has 0 saturated heterocycles. The van der Waals surface area contributed by atoms with Gasteiger partial charge < -0.3 is 35.6 Å². The van der Waals surface area contributed by atoms with Crippen molar-refractivity contribution in [3.8, 4) is 0 Å². The maximum absolute atomic E-state index is 13.3. The first-order valence-electron chi connectivity index (χ1n) is 15.0. The number of aliphatic hydroxyl groups excluding tert-OH is 2. The molecule has 0 aliphatic heterocycles. The summed E-state index contributed by atoms with van der Waals surface area (Å²) in [6.45, 7) is 5.36. The third-order valence-corrected chi connectivity index (χ3v) is 7.78. The second-order valence-corrected chi connectivity index (χ2v) is 12.2. The molecule has 44 heavy (non-hydrogen) atoms. The van der Waals surface area contributed by atoms with Crippen molar-refractivity contribution in [3.63, 3.8) is 0 Å². The third-order valence-electron chi connectivity index (χ3n) is 7.78. The summed E-state index contributed by atoms with van der Waals surface area (Å²) in [6, 6.07) is 30.9. The normalized spacial score (nSPS) is 14.4.